The Kier molecular flexibility index (Phi) is 6.06. The minimum Gasteiger partial charge on any atom is -0.325 e. The van der Waals surface area contributed by atoms with Gasteiger partial charge < -0.3 is 10.6 Å². The average Bonchev–Trinajstić information content (AvgIpc) is 3.05. The average molecular weight is 385 g/mol. The van der Waals surface area contributed by atoms with Crippen LogP contribution in [-0.2, 0) is 33.2 Å². The van der Waals surface area contributed by atoms with Crippen molar-refractivity contribution in [3.63, 3.8) is 0 Å². The molecule has 142 valence electrons. The molecule has 1 atom stereocenters. The summed E-state index contributed by atoms with van der Waals surface area (Å²) in [5, 5.41) is 5.50. The molecule has 0 aliphatic heterocycles. The molecule has 2 N–H and O–H groups in total. The highest BCUT2D eigenvalue weighted by molar-refractivity contribution is 7.86. The van der Waals surface area contributed by atoms with Crippen LogP contribution < -0.4 is 10.6 Å². The Labute approximate surface area is 162 Å². The van der Waals surface area contributed by atoms with E-state index in [9.17, 15) is 13.8 Å². The zero-order valence-corrected chi connectivity index (χ0v) is 16.4. The molecule has 2 amide bonds. The molecule has 0 heterocycles. The predicted octanol–water partition coefficient (Wildman–Crippen LogP) is 3.12. The van der Waals surface area contributed by atoms with E-state index in [4.69, 9.17) is 0 Å². The molecular formula is C21H24N2O3S. The van der Waals surface area contributed by atoms with Gasteiger partial charge in [0, 0.05) is 22.2 Å². The fraction of sp³-hybridized carbons (Fsp3) is 0.333. The minimum absolute atomic E-state index is 0.197. The number of anilines is 2. The Morgan fingerprint density at radius 3 is 2.11 bits per heavy atom. The summed E-state index contributed by atoms with van der Waals surface area (Å²) in [6.07, 6.45) is 3.26. The number of hydrogen-bond acceptors (Lipinski definition) is 3. The van der Waals surface area contributed by atoms with E-state index in [0.29, 0.717) is 5.69 Å². The van der Waals surface area contributed by atoms with Gasteiger partial charge in [-0.15, -0.1) is 0 Å². The summed E-state index contributed by atoms with van der Waals surface area (Å²) in [6.45, 7) is 3.96. The zero-order chi connectivity index (χ0) is 19.4. The SMILES string of the molecule is Cc1ccc(NC(=O)CS(=O)CC(=O)Nc2ccc3c(c2)CCC3)cc1C. The molecule has 0 saturated carbocycles. The first kappa shape index (κ1) is 19.3. The monoisotopic (exact) mass is 384 g/mol. The van der Waals surface area contributed by atoms with Gasteiger partial charge in [0.15, 0.2) is 0 Å². The number of amides is 2. The minimum atomic E-state index is -1.56. The van der Waals surface area contributed by atoms with E-state index in [0.717, 1.165) is 36.1 Å². The van der Waals surface area contributed by atoms with Crippen molar-refractivity contribution in [1.29, 1.82) is 0 Å². The molecule has 0 aromatic heterocycles. The predicted molar refractivity (Wildman–Crippen MR) is 110 cm³/mol. The second-order valence-electron chi connectivity index (χ2n) is 6.96. The van der Waals surface area contributed by atoms with Crippen molar-refractivity contribution in [2.45, 2.75) is 33.1 Å². The van der Waals surface area contributed by atoms with Crippen LogP contribution in [0.5, 0.6) is 0 Å². The Hall–Kier alpha value is -2.47. The largest absolute Gasteiger partial charge is 0.325 e. The Morgan fingerprint density at radius 1 is 0.852 bits per heavy atom. The van der Waals surface area contributed by atoms with Crippen LogP contribution in [-0.4, -0.2) is 27.5 Å². The van der Waals surface area contributed by atoms with Crippen LogP contribution in [0.1, 0.15) is 28.7 Å². The van der Waals surface area contributed by atoms with E-state index in [1.54, 1.807) is 0 Å². The van der Waals surface area contributed by atoms with Gasteiger partial charge in [-0.05, 0) is 79.6 Å². The maximum Gasteiger partial charge on any atom is 0.237 e. The fourth-order valence-corrected chi connectivity index (χ4v) is 4.04. The van der Waals surface area contributed by atoms with Crippen molar-refractivity contribution in [2.75, 3.05) is 22.1 Å². The van der Waals surface area contributed by atoms with E-state index >= 15 is 0 Å². The summed E-state index contributed by atoms with van der Waals surface area (Å²) in [5.41, 5.74) is 6.20. The lowest BCUT2D eigenvalue weighted by Gasteiger charge is -2.09. The van der Waals surface area contributed by atoms with Crippen molar-refractivity contribution in [1.82, 2.24) is 0 Å². The van der Waals surface area contributed by atoms with Gasteiger partial charge in [0.2, 0.25) is 11.8 Å². The van der Waals surface area contributed by atoms with Gasteiger partial charge in [-0.3, -0.25) is 13.8 Å². The number of benzene rings is 2. The lowest BCUT2D eigenvalue weighted by molar-refractivity contribution is -0.114. The van der Waals surface area contributed by atoms with E-state index in [2.05, 4.69) is 10.6 Å². The van der Waals surface area contributed by atoms with Gasteiger partial charge in [0.05, 0.1) is 0 Å². The second kappa shape index (κ2) is 8.48. The molecule has 27 heavy (non-hydrogen) atoms. The lowest BCUT2D eigenvalue weighted by Crippen LogP contribution is -2.26. The quantitative estimate of drug-likeness (QED) is 0.803. The molecular weight excluding hydrogens is 360 g/mol. The Balaban J connectivity index is 1.48. The first-order valence-corrected chi connectivity index (χ1v) is 10.5. The molecule has 1 aliphatic carbocycles. The van der Waals surface area contributed by atoms with Crippen molar-refractivity contribution in [2.24, 2.45) is 0 Å². The molecule has 0 fully saturated rings. The van der Waals surface area contributed by atoms with E-state index in [1.165, 1.54) is 11.1 Å². The number of hydrogen-bond donors (Lipinski definition) is 2. The molecule has 0 bridgehead atoms. The van der Waals surface area contributed by atoms with Crippen LogP contribution in [0.4, 0.5) is 11.4 Å². The number of nitrogens with one attached hydrogen (secondary N) is 2. The van der Waals surface area contributed by atoms with Crippen LogP contribution in [0.3, 0.4) is 0 Å². The van der Waals surface area contributed by atoms with E-state index < -0.39 is 10.8 Å². The smallest absolute Gasteiger partial charge is 0.237 e. The number of carbonyl (C=O) groups excluding carboxylic acids is 2. The third-order valence-electron chi connectivity index (χ3n) is 4.76. The molecule has 0 spiro atoms. The van der Waals surface area contributed by atoms with E-state index in [1.807, 2.05) is 50.2 Å². The summed E-state index contributed by atoms with van der Waals surface area (Å²) >= 11 is 0. The summed E-state index contributed by atoms with van der Waals surface area (Å²) in [6, 6.07) is 11.5. The summed E-state index contributed by atoms with van der Waals surface area (Å²) in [7, 11) is -1.56. The van der Waals surface area contributed by atoms with Crippen molar-refractivity contribution in [3.05, 3.63) is 58.7 Å². The van der Waals surface area contributed by atoms with E-state index in [-0.39, 0.29) is 23.3 Å². The number of carbonyl (C=O) groups is 2. The number of aryl methyl sites for hydroxylation is 4. The van der Waals surface area contributed by atoms with Crippen LogP contribution in [0, 0.1) is 13.8 Å². The molecule has 2 aromatic carbocycles. The van der Waals surface area contributed by atoms with Gasteiger partial charge in [0.25, 0.3) is 0 Å². The van der Waals surface area contributed by atoms with Gasteiger partial charge >= 0.3 is 0 Å². The standard InChI is InChI=1S/C21H24N2O3S/c1-14-6-8-18(10-15(14)2)22-20(24)12-27(26)13-21(25)23-19-9-7-16-4-3-5-17(16)11-19/h6-11H,3-5,12-13H2,1-2H3,(H,22,24)(H,23,25). The molecule has 5 nitrogen and oxygen atoms in total. The summed E-state index contributed by atoms with van der Waals surface area (Å²) in [5.74, 6) is -1.10. The number of rotatable bonds is 6. The zero-order valence-electron chi connectivity index (χ0n) is 15.6. The summed E-state index contributed by atoms with van der Waals surface area (Å²) < 4.78 is 12.1. The van der Waals surface area contributed by atoms with Crippen LogP contribution in [0.15, 0.2) is 36.4 Å². The topological polar surface area (TPSA) is 75.3 Å². The number of fused-ring (bicyclic) bond motifs is 1. The van der Waals surface area contributed by atoms with Crippen LogP contribution in [0.25, 0.3) is 0 Å². The molecule has 1 aliphatic rings. The maximum absolute atomic E-state index is 12.1. The van der Waals surface area contributed by atoms with Gasteiger partial charge in [-0.2, -0.15) is 0 Å². The first-order valence-electron chi connectivity index (χ1n) is 9.04. The molecule has 1 unspecified atom stereocenters. The third-order valence-corrected chi connectivity index (χ3v) is 5.93. The molecule has 3 rings (SSSR count). The highest BCUT2D eigenvalue weighted by atomic mass is 32.2. The molecule has 0 saturated heterocycles. The maximum atomic E-state index is 12.1. The van der Waals surface area contributed by atoms with Crippen molar-refractivity contribution < 1.29 is 13.8 Å². The molecule has 2 aromatic rings. The Morgan fingerprint density at radius 2 is 1.44 bits per heavy atom. The summed E-state index contributed by atoms with van der Waals surface area (Å²) in [4.78, 5) is 24.2. The van der Waals surface area contributed by atoms with Crippen molar-refractivity contribution >= 4 is 34.0 Å². The molecule has 6 heteroatoms. The third kappa shape index (κ3) is 5.26. The highest BCUT2D eigenvalue weighted by Crippen LogP contribution is 2.24. The molecule has 0 radical (unpaired) electrons. The fourth-order valence-electron chi connectivity index (χ4n) is 3.21. The Bertz CT molecular complexity index is 908. The van der Waals surface area contributed by atoms with Gasteiger partial charge in [-0.1, -0.05) is 12.1 Å². The van der Waals surface area contributed by atoms with Gasteiger partial charge in [-0.25, -0.2) is 0 Å². The second-order valence-corrected chi connectivity index (χ2v) is 8.42. The lowest BCUT2D eigenvalue weighted by atomic mass is 10.1. The van der Waals surface area contributed by atoms with Crippen LogP contribution in [0.2, 0.25) is 0 Å². The van der Waals surface area contributed by atoms with Crippen molar-refractivity contribution in [3.8, 4) is 0 Å². The van der Waals surface area contributed by atoms with Crippen LogP contribution >= 0.6 is 0 Å². The van der Waals surface area contributed by atoms with Gasteiger partial charge in [0.1, 0.15) is 11.5 Å². The highest BCUT2D eigenvalue weighted by Gasteiger charge is 2.15. The first-order chi connectivity index (χ1) is 12.9. The normalized spacial score (nSPS) is 13.7.